The van der Waals surface area contributed by atoms with Crippen molar-refractivity contribution in [2.24, 2.45) is 0 Å². The molecule has 0 unspecified atom stereocenters. The van der Waals surface area contributed by atoms with E-state index in [1.165, 1.54) is 0 Å². The molecule has 2 aromatic carbocycles. The van der Waals surface area contributed by atoms with Crippen LogP contribution >= 0.6 is 0 Å². The Morgan fingerprint density at radius 1 is 1.00 bits per heavy atom. The van der Waals surface area contributed by atoms with E-state index in [9.17, 15) is 23.1 Å². The van der Waals surface area contributed by atoms with Crippen molar-refractivity contribution in [3.63, 3.8) is 0 Å². The predicted octanol–water partition coefficient (Wildman–Crippen LogP) is 3.30. The zero-order valence-electron chi connectivity index (χ0n) is 14.7. The monoisotopic (exact) mass is 378 g/mol. The zero-order chi connectivity index (χ0) is 19.4. The number of phenols is 1. The largest absolute Gasteiger partial charge is 0.508 e. The summed E-state index contributed by atoms with van der Waals surface area (Å²) in [5.41, 5.74) is 0.430. The van der Waals surface area contributed by atoms with Crippen LogP contribution in [0.15, 0.2) is 48.5 Å². The van der Waals surface area contributed by atoms with E-state index < -0.39 is 11.7 Å². The van der Waals surface area contributed by atoms with Gasteiger partial charge in [0.05, 0.1) is 12.0 Å². The minimum atomic E-state index is -4.44. The summed E-state index contributed by atoms with van der Waals surface area (Å²) in [5.74, 6) is -0.103. The third-order valence-corrected chi connectivity index (χ3v) is 4.72. The van der Waals surface area contributed by atoms with Crippen LogP contribution in [-0.2, 0) is 23.9 Å². The van der Waals surface area contributed by atoms with Gasteiger partial charge in [0.15, 0.2) is 0 Å². The molecule has 27 heavy (non-hydrogen) atoms. The molecule has 1 aliphatic rings. The minimum Gasteiger partial charge on any atom is -0.508 e. The van der Waals surface area contributed by atoms with Crippen molar-refractivity contribution >= 4 is 5.91 Å². The zero-order valence-corrected chi connectivity index (χ0v) is 14.7. The van der Waals surface area contributed by atoms with Gasteiger partial charge in [-0.05, 0) is 23.8 Å². The third kappa shape index (κ3) is 5.01. The Labute approximate surface area is 155 Å². The van der Waals surface area contributed by atoms with E-state index >= 15 is 0 Å². The van der Waals surface area contributed by atoms with Gasteiger partial charge in [0, 0.05) is 38.3 Å². The molecular weight excluding hydrogens is 357 g/mol. The molecular formula is C20H21F3N2O2. The number of alkyl halides is 3. The second-order valence-corrected chi connectivity index (χ2v) is 6.66. The fourth-order valence-corrected chi connectivity index (χ4v) is 3.17. The van der Waals surface area contributed by atoms with Gasteiger partial charge in [0.25, 0.3) is 0 Å². The van der Waals surface area contributed by atoms with Crippen LogP contribution in [0, 0.1) is 0 Å². The number of hydrogen-bond donors (Lipinski definition) is 1. The van der Waals surface area contributed by atoms with Gasteiger partial charge in [-0.1, -0.05) is 30.3 Å². The second kappa shape index (κ2) is 8.00. The summed E-state index contributed by atoms with van der Waals surface area (Å²) in [6, 6.07) is 12.4. The van der Waals surface area contributed by atoms with Gasteiger partial charge in [-0.3, -0.25) is 9.69 Å². The number of benzene rings is 2. The smallest absolute Gasteiger partial charge is 0.416 e. The molecule has 7 heteroatoms. The normalized spacial score (nSPS) is 15.7. The molecule has 1 amide bonds. The highest BCUT2D eigenvalue weighted by molar-refractivity contribution is 5.78. The SMILES string of the molecule is O=C(Cc1ccccc1)N1CCN(Cc2cc(C(F)(F)F)ccc2O)CC1. The number of carbonyl (C=O) groups excluding carboxylic acids is 1. The number of phenolic OH excluding ortho intramolecular Hbond substituents is 1. The van der Waals surface area contributed by atoms with Crippen LogP contribution in [-0.4, -0.2) is 47.0 Å². The molecule has 0 bridgehead atoms. The molecule has 0 saturated carbocycles. The van der Waals surface area contributed by atoms with E-state index in [-0.39, 0.29) is 23.8 Å². The van der Waals surface area contributed by atoms with Crippen LogP contribution in [0.3, 0.4) is 0 Å². The summed E-state index contributed by atoms with van der Waals surface area (Å²) < 4.78 is 38.6. The lowest BCUT2D eigenvalue weighted by molar-refractivity contribution is -0.137. The Balaban J connectivity index is 1.56. The van der Waals surface area contributed by atoms with Gasteiger partial charge in [-0.2, -0.15) is 13.2 Å². The lowest BCUT2D eigenvalue weighted by Crippen LogP contribution is -2.48. The van der Waals surface area contributed by atoms with E-state index in [1.54, 1.807) is 4.90 Å². The molecule has 1 aliphatic heterocycles. The lowest BCUT2D eigenvalue weighted by Gasteiger charge is -2.35. The molecule has 2 aromatic rings. The highest BCUT2D eigenvalue weighted by atomic mass is 19.4. The first-order chi connectivity index (χ1) is 12.8. The molecule has 3 rings (SSSR count). The molecule has 0 atom stereocenters. The standard InChI is InChI=1S/C20H21F3N2O2/c21-20(22,23)17-6-7-18(26)16(13-17)14-24-8-10-25(11-9-24)19(27)12-15-4-2-1-3-5-15/h1-7,13,26H,8-12,14H2. The van der Waals surface area contributed by atoms with Crippen molar-refractivity contribution in [3.05, 3.63) is 65.2 Å². The summed E-state index contributed by atoms with van der Waals surface area (Å²) in [6.07, 6.45) is -4.10. The summed E-state index contributed by atoms with van der Waals surface area (Å²) in [5, 5.41) is 9.88. The highest BCUT2D eigenvalue weighted by Gasteiger charge is 2.31. The van der Waals surface area contributed by atoms with Gasteiger partial charge >= 0.3 is 6.18 Å². The molecule has 4 nitrogen and oxygen atoms in total. The minimum absolute atomic E-state index is 0.0442. The van der Waals surface area contributed by atoms with E-state index in [2.05, 4.69) is 0 Å². The molecule has 1 fully saturated rings. The number of hydrogen-bond acceptors (Lipinski definition) is 3. The Hall–Kier alpha value is -2.54. The van der Waals surface area contributed by atoms with Gasteiger partial charge in [-0.25, -0.2) is 0 Å². The first kappa shape index (κ1) is 19.2. The average molecular weight is 378 g/mol. The van der Waals surface area contributed by atoms with Crippen LogP contribution in [0.5, 0.6) is 5.75 Å². The van der Waals surface area contributed by atoms with Crippen molar-refractivity contribution in [2.45, 2.75) is 19.1 Å². The van der Waals surface area contributed by atoms with Gasteiger partial charge < -0.3 is 10.0 Å². The first-order valence-electron chi connectivity index (χ1n) is 8.76. The van der Waals surface area contributed by atoms with Crippen molar-refractivity contribution in [3.8, 4) is 5.75 Å². The van der Waals surface area contributed by atoms with Crippen molar-refractivity contribution < 1.29 is 23.1 Å². The van der Waals surface area contributed by atoms with Crippen LogP contribution in [0.4, 0.5) is 13.2 Å². The summed E-state index contributed by atoms with van der Waals surface area (Å²) in [6.45, 7) is 2.36. The Morgan fingerprint density at radius 3 is 2.30 bits per heavy atom. The van der Waals surface area contributed by atoms with E-state index in [0.717, 1.165) is 23.8 Å². The molecule has 144 valence electrons. The third-order valence-electron chi connectivity index (χ3n) is 4.72. The van der Waals surface area contributed by atoms with Crippen LogP contribution in [0.2, 0.25) is 0 Å². The molecule has 0 aliphatic carbocycles. The number of amides is 1. The summed E-state index contributed by atoms with van der Waals surface area (Å²) in [7, 11) is 0. The van der Waals surface area contributed by atoms with Crippen LogP contribution in [0.25, 0.3) is 0 Å². The van der Waals surface area contributed by atoms with Gasteiger partial charge in [0.2, 0.25) is 5.91 Å². The molecule has 1 saturated heterocycles. The van der Waals surface area contributed by atoms with Crippen molar-refractivity contribution in [1.82, 2.24) is 9.80 Å². The van der Waals surface area contributed by atoms with E-state index in [1.807, 2.05) is 35.2 Å². The van der Waals surface area contributed by atoms with Crippen LogP contribution < -0.4 is 0 Å². The lowest BCUT2D eigenvalue weighted by atomic mass is 10.1. The first-order valence-corrected chi connectivity index (χ1v) is 8.76. The molecule has 0 aromatic heterocycles. The van der Waals surface area contributed by atoms with E-state index in [4.69, 9.17) is 0 Å². The maximum absolute atomic E-state index is 12.9. The highest BCUT2D eigenvalue weighted by Crippen LogP contribution is 2.32. The molecule has 0 spiro atoms. The number of carbonyl (C=O) groups is 1. The topological polar surface area (TPSA) is 43.8 Å². The van der Waals surface area contributed by atoms with Crippen LogP contribution in [0.1, 0.15) is 16.7 Å². The Morgan fingerprint density at radius 2 is 1.67 bits per heavy atom. The van der Waals surface area contributed by atoms with Crippen molar-refractivity contribution in [2.75, 3.05) is 26.2 Å². The maximum atomic E-state index is 12.9. The molecule has 0 radical (unpaired) electrons. The number of rotatable bonds is 4. The van der Waals surface area contributed by atoms with Crippen molar-refractivity contribution in [1.29, 1.82) is 0 Å². The second-order valence-electron chi connectivity index (χ2n) is 6.66. The number of halogens is 3. The number of piperazine rings is 1. The predicted molar refractivity (Wildman–Crippen MR) is 95.1 cm³/mol. The Bertz CT molecular complexity index is 786. The fraction of sp³-hybridized carbons (Fsp3) is 0.350. The fourth-order valence-electron chi connectivity index (χ4n) is 3.17. The van der Waals surface area contributed by atoms with Gasteiger partial charge in [-0.15, -0.1) is 0 Å². The summed E-state index contributed by atoms with van der Waals surface area (Å²) >= 11 is 0. The number of aromatic hydroxyl groups is 1. The molecule has 1 heterocycles. The average Bonchev–Trinajstić information content (AvgIpc) is 2.64. The van der Waals surface area contributed by atoms with E-state index in [0.29, 0.717) is 32.6 Å². The van der Waals surface area contributed by atoms with Gasteiger partial charge in [0.1, 0.15) is 5.75 Å². The molecule has 1 N–H and O–H groups in total. The quantitative estimate of drug-likeness (QED) is 0.888. The maximum Gasteiger partial charge on any atom is 0.416 e. The summed E-state index contributed by atoms with van der Waals surface area (Å²) in [4.78, 5) is 16.1. The number of nitrogens with zero attached hydrogens (tertiary/aromatic N) is 2. The Kier molecular flexibility index (Phi) is 5.70.